The molecule has 104 valence electrons. The third-order valence-corrected chi connectivity index (χ3v) is 5.69. The highest BCUT2D eigenvalue weighted by Crippen LogP contribution is 2.42. The lowest BCUT2D eigenvalue weighted by atomic mass is 9.99. The first-order chi connectivity index (χ1) is 10.2. The minimum Gasteiger partial charge on any atom is -0.304 e. The molecular weight excluding hydrogens is 391 g/mol. The molecule has 4 rings (SSSR count). The fraction of sp³-hybridized carbons (Fsp3) is 0.118. The minimum absolute atomic E-state index is 0.994. The van der Waals surface area contributed by atoms with Crippen molar-refractivity contribution in [3.05, 3.63) is 58.5 Å². The molecule has 0 saturated heterocycles. The van der Waals surface area contributed by atoms with Crippen molar-refractivity contribution in [1.82, 2.24) is 4.98 Å². The quantitative estimate of drug-likeness (QED) is 0.355. The van der Waals surface area contributed by atoms with E-state index in [4.69, 9.17) is 0 Å². The van der Waals surface area contributed by atoms with Crippen LogP contribution in [-0.4, -0.2) is 4.98 Å². The van der Waals surface area contributed by atoms with Crippen LogP contribution in [0, 0.1) is 6.92 Å². The Morgan fingerprint density at radius 3 is 2.81 bits per heavy atom. The van der Waals surface area contributed by atoms with E-state index < -0.39 is 0 Å². The Morgan fingerprint density at radius 1 is 1.14 bits per heavy atom. The molecule has 1 aliphatic carbocycles. The summed E-state index contributed by atoms with van der Waals surface area (Å²) in [5, 5.41) is 0.994. The van der Waals surface area contributed by atoms with E-state index in [1.165, 1.54) is 32.7 Å². The van der Waals surface area contributed by atoms with E-state index in [0.717, 1.165) is 17.2 Å². The summed E-state index contributed by atoms with van der Waals surface area (Å²) in [4.78, 5) is 6.03. The second kappa shape index (κ2) is 5.10. The van der Waals surface area contributed by atoms with Crippen molar-refractivity contribution in [2.75, 3.05) is 3.53 Å². The maximum atomic E-state index is 4.67. The van der Waals surface area contributed by atoms with Crippen molar-refractivity contribution in [3.63, 3.8) is 0 Å². The molecule has 3 aromatic rings. The molecule has 0 radical (unpaired) electrons. The summed E-state index contributed by atoms with van der Waals surface area (Å²) >= 11 is 3.89. The second-order valence-electron chi connectivity index (χ2n) is 5.30. The lowest BCUT2D eigenvalue weighted by Gasteiger charge is -2.06. The number of hydrogen-bond acceptors (Lipinski definition) is 3. The summed E-state index contributed by atoms with van der Waals surface area (Å²) in [6, 6.07) is 15.4. The molecule has 2 aromatic carbocycles. The molecule has 0 unspecified atom stereocenters. The summed E-state index contributed by atoms with van der Waals surface area (Å²) < 4.78 is 3.11. The van der Waals surface area contributed by atoms with Crippen LogP contribution in [-0.2, 0) is 6.42 Å². The summed E-state index contributed by atoms with van der Waals surface area (Å²) in [5.74, 6) is 0. The predicted molar refractivity (Wildman–Crippen MR) is 98.2 cm³/mol. The number of halogens is 1. The number of aromatic nitrogens is 1. The molecule has 4 heteroatoms. The van der Waals surface area contributed by atoms with Gasteiger partial charge in [0.2, 0.25) is 0 Å². The average Bonchev–Trinajstić information content (AvgIpc) is 3.03. The zero-order valence-corrected chi connectivity index (χ0v) is 14.5. The fourth-order valence-electron chi connectivity index (χ4n) is 2.87. The Kier molecular flexibility index (Phi) is 3.23. The molecule has 0 bridgehead atoms. The van der Waals surface area contributed by atoms with Gasteiger partial charge < -0.3 is 3.53 Å². The van der Waals surface area contributed by atoms with E-state index in [1.54, 1.807) is 11.3 Å². The maximum Gasteiger partial charge on any atom is 0.192 e. The normalized spacial score (nSPS) is 12.1. The molecule has 0 fully saturated rings. The Morgan fingerprint density at radius 2 is 2.00 bits per heavy atom. The largest absolute Gasteiger partial charge is 0.304 e. The fourth-order valence-corrected chi connectivity index (χ4v) is 4.21. The molecule has 0 spiro atoms. The molecule has 0 atom stereocenters. The van der Waals surface area contributed by atoms with Crippen LogP contribution < -0.4 is 3.53 Å². The van der Waals surface area contributed by atoms with Gasteiger partial charge in [-0.05, 0) is 23.6 Å². The topological polar surface area (TPSA) is 24.9 Å². The Hall–Kier alpha value is -1.40. The Balaban J connectivity index is 1.78. The van der Waals surface area contributed by atoms with Crippen LogP contribution >= 0.6 is 34.2 Å². The van der Waals surface area contributed by atoms with E-state index in [0.29, 0.717) is 0 Å². The second-order valence-corrected chi connectivity index (χ2v) is 6.93. The van der Waals surface area contributed by atoms with Gasteiger partial charge in [-0.2, -0.15) is 0 Å². The van der Waals surface area contributed by atoms with Gasteiger partial charge in [0.1, 0.15) is 0 Å². The molecule has 1 aliphatic rings. The first-order valence-electron chi connectivity index (χ1n) is 6.81. The smallest absolute Gasteiger partial charge is 0.192 e. The van der Waals surface area contributed by atoms with E-state index in [9.17, 15) is 0 Å². The maximum absolute atomic E-state index is 4.67. The van der Waals surface area contributed by atoms with E-state index in [1.807, 2.05) is 0 Å². The van der Waals surface area contributed by atoms with Gasteiger partial charge in [-0.15, -0.1) is 11.3 Å². The summed E-state index contributed by atoms with van der Waals surface area (Å²) in [5.41, 5.74) is 7.71. The summed E-state index contributed by atoms with van der Waals surface area (Å²) in [6.45, 7) is 2.14. The highest BCUT2D eigenvalue weighted by Gasteiger charge is 2.23. The van der Waals surface area contributed by atoms with Crippen LogP contribution in [0.1, 0.15) is 16.0 Å². The number of nitrogens with one attached hydrogen (secondary N) is 1. The van der Waals surface area contributed by atoms with E-state index in [-0.39, 0.29) is 0 Å². The number of nitrogens with zero attached hydrogens (tertiary/aromatic N) is 1. The molecule has 21 heavy (non-hydrogen) atoms. The highest BCUT2D eigenvalue weighted by atomic mass is 127. The Bertz CT molecular complexity index is 839. The van der Waals surface area contributed by atoms with Crippen LogP contribution in [0.4, 0.5) is 5.13 Å². The molecular formula is C17H13IN2S. The molecule has 1 aromatic heterocycles. The van der Waals surface area contributed by atoms with Crippen LogP contribution in [0.2, 0.25) is 0 Å². The number of anilines is 1. The highest BCUT2D eigenvalue weighted by molar-refractivity contribution is 14.1. The van der Waals surface area contributed by atoms with Gasteiger partial charge in [0, 0.05) is 16.9 Å². The zero-order chi connectivity index (χ0) is 14.4. The number of thiazole rings is 1. The van der Waals surface area contributed by atoms with Gasteiger partial charge >= 0.3 is 0 Å². The van der Waals surface area contributed by atoms with Crippen LogP contribution in [0.3, 0.4) is 0 Å². The molecule has 0 aliphatic heterocycles. The van der Waals surface area contributed by atoms with Crippen molar-refractivity contribution >= 4 is 39.3 Å². The van der Waals surface area contributed by atoms with Crippen molar-refractivity contribution in [1.29, 1.82) is 0 Å². The number of hydrogen-bond donors (Lipinski definition) is 1. The first kappa shape index (κ1) is 13.3. The van der Waals surface area contributed by atoms with Gasteiger partial charge in [-0.25, -0.2) is 4.98 Å². The molecule has 1 N–H and O–H groups in total. The minimum atomic E-state index is 0.994. The Labute approximate surface area is 141 Å². The number of rotatable bonds is 2. The predicted octanol–water partition coefficient (Wildman–Crippen LogP) is 5.45. The first-order valence-corrected chi connectivity index (χ1v) is 8.71. The lowest BCUT2D eigenvalue weighted by molar-refractivity contribution is 1.31. The summed E-state index contributed by atoms with van der Waals surface area (Å²) in [7, 11) is 0. The van der Waals surface area contributed by atoms with Crippen LogP contribution in [0.25, 0.3) is 22.4 Å². The third kappa shape index (κ3) is 2.26. The third-order valence-electron chi connectivity index (χ3n) is 3.84. The van der Waals surface area contributed by atoms with Gasteiger partial charge in [-0.3, -0.25) is 0 Å². The molecule has 1 heterocycles. The average molecular weight is 404 g/mol. The SMILES string of the molecule is Cc1cccc(-c2ccc3c(c2)Cc2sc(NI)nc2-3)c1. The zero-order valence-electron chi connectivity index (χ0n) is 11.5. The number of benzene rings is 2. The van der Waals surface area contributed by atoms with Crippen LogP contribution in [0.5, 0.6) is 0 Å². The summed E-state index contributed by atoms with van der Waals surface area (Å²) in [6.07, 6.45) is 1.00. The van der Waals surface area contributed by atoms with E-state index in [2.05, 4.69) is 80.8 Å². The van der Waals surface area contributed by atoms with Gasteiger partial charge in [0.25, 0.3) is 0 Å². The molecule has 0 saturated carbocycles. The van der Waals surface area contributed by atoms with Crippen LogP contribution in [0.15, 0.2) is 42.5 Å². The number of fused-ring (bicyclic) bond motifs is 3. The standard InChI is InChI=1S/C17H13IN2S/c1-10-3-2-4-11(7-10)12-5-6-14-13(8-12)9-15-16(14)19-17(20-18)21-15/h2-8H,9H2,1H3,(H,19,20). The van der Waals surface area contributed by atoms with Crippen molar-refractivity contribution < 1.29 is 0 Å². The molecule has 0 amide bonds. The van der Waals surface area contributed by atoms with Gasteiger partial charge in [0.15, 0.2) is 5.13 Å². The van der Waals surface area contributed by atoms with Gasteiger partial charge in [-0.1, -0.05) is 48.0 Å². The molecule has 2 nitrogen and oxygen atoms in total. The number of aryl methyl sites for hydroxylation is 1. The lowest BCUT2D eigenvalue weighted by Crippen LogP contribution is -1.86. The van der Waals surface area contributed by atoms with E-state index >= 15 is 0 Å². The van der Waals surface area contributed by atoms with Crippen molar-refractivity contribution in [2.45, 2.75) is 13.3 Å². The van der Waals surface area contributed by atoms with Gasteiger partial charge in [0.05, 0.1) is 28.6 Å². The monoisotopic (exact) mass is 404 g/mol. The van der Waals surface area contributed by atoms with Crippen molar-refractivity contribution in [3.8, 4) is 22.4 Å². The van der Waals surface area contributed by atoms with Crippen molar-refractivity contribution in [2.24, 2.45) is 0 Å².